The Bertz CT molecular complexity index is 1040. The van der Waals surface area contributed by atoms with E-state index in [9.17, 15) is 14.7 Å². The van der Waals surface area contributed by atoms with Crippen molar-refractivity contribution in [1.29, 1.82) is 0 Å². The molecule has 158 valence electrons. The van der Waals surface area contributed by atoms with Gasteiger partial charge in [0.2, 0.25) is 5.91 Å². The Morgan fingerprint density at radius 1 is 1.20 bits per heavy atom. The number of hydrogen-bond donors (Lipinski definition) is 1. The highest BCUT2D eigenvalue weighted by Gasteiger charge is 2.22. The zero-order valence-electron chi connectivity index (χ0n) is 18.0. The van der Waals surface area contributed by atoms with Crippen LogP contribution in [0.4, 0.5) is 0 Å². The number of hydrogen-bond acceptors (Lipinski definition) is 4. The summed E-state index contributed by atoms with van der Waals surface area (Å²) in [5.41, 5.74) is 2.68. The smallest absolute Gasteiger partial charge is 0.249 e. The molecule has 5 nitrogen and oxygen atoms in total. The van der Waals surface area contributed by atoms with Crippen molar-refractivity contribution in [3.63, 3.8) is 0 Å². The van der Waals surface area contributed by atoms with Crippen LogP contribution in [-0.4, -0.2) is 40.3 Å². The van der Waals surface area contributed by atoms with Gasteiger partial charge in [0.1, 0.15) is 5.76 Å². The molecule has 1 amide bonds. The van der Waals surface area contributed by atoms with Gasteiger partial charge < -0.3 is 10.0 Å². The first kappa shape index (κ1) is 21.8. The largest absolute Gasteiger partial charge is 0.508 e. The lowest BCUT2D eigenvalue weighted by Crippen LogP contribution is -2.38. The molecule has 2 heterocycles. The summed E-state index contributed by atoms with van der Waals surface area (Å²) in [5, 5.41) is 11.3. The number of amides is 1. The molecule has 0 aromatic carbocycles. The van der Waals surface area contributed by atoms with Gasteiger partial charge in [-0.2, -0.15) is 0 Å². The monoisotopic (exact) mass is 406 g/mol. The minimum absolute atomic E-state index is 0.0122. The van der Waals surface area contributed by atoms with Crippen LogP contribution < -0.4 is 10.6 Å². The van der Waals surface area contributed by atoms with Crippen molar-refractivity contribution >= 4 is 29.4 Å². The zero-order valence-corrected chi connectivity index (χ0v) is 18.0. The number of aldehydes is 1. The lowest BCUT2D eigenvalue weighted by molar-refractivity contribution is -0.128. The lowest BCUT2D eigenvalue weighted by Gasteiger charge is -2.31. The molecule has 0 atom stereocenters. The van der Waals surface area contributed by atoms with Crippen LogP contribution in [0.15, 0.2) is 41.7 Å². The van der Waals surface area contributed by atoms with Crippen LogP contribution in [0.2, 0.25) is 0 Å². The number of fused-ring (bicyclic) bond motifs is 1. The Morgan fingerprint density at radius 2 is 1.93 bits per heavy atom. The Hall–Kier alpha value is -2.95. The van der Waals surface area contributed by atoms with E-state index in [4.69, 9.17) is 0 Å². The van der Waals surface area contributed by atoms with Gasteiger partial charge in [0.15, 0.2) is 6.29 Å². The molecule has 2 aliphatic rings. The molecule has 0 spiro atoms. The number of carbonyl (C=O) groups excluding carboxylic acids is 2. The van der Waals surface area contributed by atoms with Crippen molar-refractivity contribution in [3.8, 4) is 0 Å². The van der Waals surface area contributed by atoms with Crippen LogP contribution >= 0.6 is 0 Å². The molecule has 3 rings (SSSR count). The van der Waals surface area contributed by atoms with Gasteiger partial charge in [-0.3, -0.25) is 9.59 Å². The number of allylic oxidation sites excluding steroid dienone is 5. The number of aliphatic hydroxyl groups excluding tert-OH is 1. The van der Waals surface area contributed by atoms with Gasteiger partial charge in [0, 0.05) is 23.9 Å². The highest BCUT2D eigenvalue weighted by atomic mass is 16.3. The summed E-state index contributed by atoms with van der Waals surface area (Å²) in [7, 11) is 0. The molecular weight excluding hydrogens is 376 g/mol. The number of aliphatic hydroxyl groups is 1. The topological polar surface area (TPSA) is 70.5 Å². The van der Waals surface area contributed by atoms with Crippen LogP contribution in [0.25, 0.3) is 17.2 Å². The summed E-state index contributed by atoms with van der Waals surface area (Å²) in [6, 6.07) is 3.64. The number of likely N-dealkylation sites (tertiary alicyclic amines) is 1. The second-order valence-corrected chi connectivity index (χ2v) is 8.03. The van der Waals surface area contributed by atoms with Crippen LogP contribution in [0.1, 0.15) is 52.1 Å². The number of pyridine rings is 1. The van der Waals surface area contributed by atoms with E-state index >= 15 is 0 Å². The summed E-state index contributed by atoms with van der Waals surface area (Å²) in [6.45, 7) is 7.70. The second kappa shape index (κ2) is 9.70. The molecule has 30 heavy (non-hydrogen) atoms. The van der Waals surface area contributed by atoms with Gasteiger partial charge in [-0.25, -0.2) is 4.98 Å². The van der Waals surface area contributed by atoms with E-state index in [-0.39, 0.29) is 17.2 Å². The molecule has 1 saturated heterocycles. The van der Waals surface area contributed by atoms with Crippen molar-refractivity contribution in [1.82, 2.24) is 9.88 Å². The van der Waals surface area contributed by atoms with E-state index in [0.29, 0.717) is 23.3 Å². The molecule has 1 fully saturated rings. The Labute approximate surface area is 177 Å². The highest BCUT2D eigenvalue weighted by molar-refractivity contribution is 6.05. The third kappa shape index (κ3) is 4.78. The van der Waals surface area contributed by atoms with E-state index in [0.717, 1.165) is 48.7 Å². The maximum Gasteiger partial charge on any atom is 0.249 e. The highest BCUT2D eigenvalue weighted by Crippen LogP contribution is 2.21. The van der Waals surface area contributed by atoms with Gasteiger partial charge >= 0.3 is 0 Å². The molecule has 1 aliphatic carbocycles. The average Bonchev–Trinajstić information content (AvgIpc) is 2.93. The van der Waals surface area contributed by atoms with Crippen molar-refractivity contribution in [2.24, 2.45) is 5.92 Å². The number of piperidine rings is 1. The molecule has 0 unspecified atom stereocenters. The second-order valence-electron chi connectivity index (χ2n) is 8.03. The maximum absolute atomic E-state index is 12.7. The quantitative estimate of drug-likeness (QED) is 0.464. The minimum Gasteiger partial charge on any atom is -0.508 e. The fourth-order valence-corrected chi connectivity index (χ4v) is 3.93. The van der Waals surface area contributed by atoms with Crippen molar-refractivity contribution < 1.29 is 14.7 Å². The lowest BCUT2D eigenvalue weighted by atomic mass is 9.94. The number of carbonyl (C=O) groups is 2. The van der Waals surface area contributed by atoms with Gasteiger partial charge in [0.25, 0.3) is 0 Å². The summed E-state index contributed by atoms with van der Waals surface area (Å²) in [6.07, 6.45) is 11.8. The van der Waals surface area contributed by atoms with Crippen LogP contribution in [0, 0.1) is 5.92 Å². The molecule has 0 saturated carbocycles. The van der Waals surface area contributed by atoms with E-state index < -0.39 is 0 Å². The number of rotatable bonds is 5. The first-order valence-electron chi connectivity index (χ1n) is 10.7. The molecule has 5 heteroatoms. The normalized spacial score (nSPS) is 18.3. The Morgan fingerprint density at radius 3 is 2.60 bits per heavy atom. The Kier molecular flexibility index (Phi) is 7.03. The van der Waals surface area contributed by atoms with Gasteiger partial charge in [0.05, 0.1) is 16.6 Å². The first-order valence-corrected chi connectivity index (χ1v) is 10.7. The summed E-state index contributed by atoms with van der Waals surface area (Å²) in [4.78, 5) is 30.7. The Balaban J connectivity index is 1.80. The van der Waals surface area contributed by atoms with E-state index in [1.165, 1.54) is 6.42 Å². The molecule has 0 bridgehead atoms. The fourth-order valence-electron chi connectivity index (χ4n) is 3.93. The third-order valence-electron chi connectivity index (χ3n) is 6.03. The standard InChI is InChI=1S/C25H30N2O3/c1-4-19-12-14-27(15-13-19)25(30)18(3)9-8-17(2)22-11-10-20-21(16-28)24(29)7-5-6-23(20)26-22/h6-11,16,19,29H,4-5,12-15H2,1-3H3/b17-8+,18-9+. The molecule has 1 aromatic rings. The first-order chi connectivity index (χ1) is 14.4. The third-order valence-corrected chi connectivity index (χ3v) is 6.03. The van der Waals surface area contributed by atoms with E-state index in [1.54, 1.807) is 6.08 Å². The van der Waals surface area contributed by atoms with Crippen molar-refractivity contribution in [2.75, 3.05) is 13.1 Å². The van der Waals surface area contributed by atoms with Gasteiger partial charge in [-0.15, -0.1) is 0 Å². The average molecular weight is 407 g/mol. The molecule has 0 radical (unpaired) electrons. The number of nitrogens with zero attached hydrogens (tertiary/aromatic N) is 2. The van der Waals surface area contributed by atoms with E-state index in [1.807, 2.05) is 49.1 Å². The van der Waals surface area contributed by atoms with Crippen LogP contribution in [0.3, 0.4) is 0 Å². The summed E-state index contributed by atoms with van der Waals surface area (Å²) < 4.78 is 0. The molecule has 1 N–H and O–H groups in total. The SMILES string of the molecule is CCC1CCN(C(=O)/C(C)=C/C=C(\C)c2ccc3c(n2)=CCC=C(O)C=3C=O)CC1. The summed E-state index contributed by atoms with van der Waals surface area (Å²) >= 11 is 0. The van der Waals surface area contributed by atoms with Crippen LogP contribution in [-0.2, 0) is 9.59 Å². The maximum atomic E-state index is 12.7. The predicted molar refractivity (Wildman–Crippen MR) is 120 cm³/mol. The minimum atomic E-state index is -0.0122. The molecular formula is C25H30N2O3. The van der Waals surface area contributed by atoms with Crippen LogP contribution in [0.5, 0.6) is 0 Å². The summed E-state index contributed by atoms with van der Waals surface area (Å²) in [5.74, 6) is 0.830. The van der Waals surface area contributed by atoms with Gasteiger partial charge in [-0.05, 0) is 62.8 Å². The predicted octanol–water partition coefficient (Wildman–Crippen LogP) is 3.06. The zero-order chi connectivity index (χ0) is 21.7. The fraction of sp³-hybridized carbons (Fsp3) is 0.400. The number of aromatic nitrogens is 1. The van der Waals surface area contributed by atoms with Crippen molar-refractivity contribution in [2.45, 2.75) is 46.5 Å². The van der Waals surface area contributed by atoms with Crippen molar-refractivity contribution in [3.05, 3.63) is 58.0 Å². The molecule has 1 aliphatic heterocycles. The molecule has 1 aromatic heterocycles. The van der Waals surface area contributed by atoms with Gasteiger partial charge in [-0.1, -0.05) is 31.6 Å². The van der Waals surface area contributed by atoms with E-state index in [2.05, 4.69) is 11.9 Å².